The fourth-order valence-corrected chi connectivity index (χ4v) is 2.97. The fourth-order valence-electron chi connectivity index (χ4n) is 2.18. The Morgan fingerprint density at radius 3 is 1.59 bits per heavy atom. The van der Waals surface area contributed by atoms with Crippen molar-refractivity contribution in [3.8, 4) is 0 Å². The number of alkyl halides is 2. The van der Waals surface area contributed by atoms with Crippen LogP contribution >= 0.6 is 23.2 Å². The van der Waals surface area contributed by atoms with Gasteiger partial charge in [0.25, 0.3) is 0 Å². The van der Waals surface area contributed by atoms with E-state index in [1.165, 1.54) is 0 Å². The molecule has 2 heterocycles. The molecule has 0 saturated carbocycles. The van der Waals surface area contributed by atoms with E-state index in [2.05, 4.69) is 13.8 Å². The molecule has 4 unspecified atom stereocenters. The number of halogens is 2. The molecule has 3 nitrogen and oxygen atoms in total. The smallest absolute Gasteiger partial charge is 0.169 e. The van der Waals surface area contributed by atoms with Crippen LogP contribution in [0.1, 0.15) is 26.7 Å². The lowest BCUT2D eigenvalue weighted by atomic mass is 9.81. The summed E-state index contributed by atoms with van der Waals surface area (Å²) in [6.45, 7) is 5.56. The van der Waals surface area contributed by atoms with E-state index in [4.69, 9.17) is 37.4 Å². The van der Waals surface area contributed by atoms with Crippen molar-refractivity contribution in [1.82, 2.24) is 0 Å². The standard InChI is InChI=1S/C12H20Cl2O3/c1-3-11(5-13)7-15-9(11)17-10-12(4-2,6-14)8-16-10/h9-10H,3-8H2,1-2H3. The monoisotopic (exact) mass is 282 g/mol. The Morgan fingerprint density at radius 2 is 1.41 bits per heavy atom. The lowest BCUT2D eigenvalue weighted by Crippen LogP contribution is -2.62. The summed E-state index contributed by atoms with van der Waals surface area (Å²) in [5, 5.41) is 0. The van der Waals surface area contributed by atoms with Crippen LogP contribution in [0, 0.1) is 10.8 Å². The molecule has 5 heteroatoms. The molecule has 2 aliphatic heterocycles. The van der Waals surface area contributed by atoms with Gasteiger partial charge in [0.2, 0.25) is 0 Å². The first kappa shape index (κ1) is 13.9. The predicted octanol–water partition coefficient (Wildman–Crippen LogP) is 2.99. The van der Waals surface area contributed by atoms with Crippen molar-refractivity contribution >= 4 is 23.2 Å². The third-order valence-electron chi connectivity index (χ3n) is 4.23. The number of hydrogen-bond donors (Lipinski definition) is 0. The van der Waals surface area contributed by atoms with E-state index >= 15 is 0 Å². The molecule has 17 heavy (non-hydrogen) atoms. The van der Waals surface area contributed by atoms with Crippen molar-refractivity contribution in [2.75, 3.05) is 25.0 Å². The second-order valence-electron chi connectivity index (χ2n) is 5.12. The molecule has 4 atom stereocenters. The molecule has 0 aromatic rings. The van der Waals surface area contributed by atoms with E-state index in [0.717, 1.165) is 12.8 Å². The number of ether oxygens (including phenoxy) is 3. The lowest BCUT2D eigenvalue weighted by Gasteiger charge is -2.53. The van der Waals surface area contributed by atoms with Gasteiger partial charge in [0.1, 0.15) is 0 Å². The average molecular weight is 283 g/mol. The Labute approximate surface area is 113 Å². The SMILES string of the molecule is CCC1(CCl)COC1OC1OCC1(CC)CCl. The van der Waals surface area contributed by atoms with Gasteiger partial charge in [0.15, 0.2) is 12.6 Å². The van der Waals surface area contributed by atoms with Crippen LogP contribution in [-0.4, -0.2) is 37.6 Å². The summed E-state index contributed by atoms with van der Waals surface area (Å²) in [5.74, 6) is 1.11. The van der Waals surface area contributed by atoms with Gasteiger partial charge in [-0.25, -0.2) is 0 Å². The van der Waals surface area contributed by atoms with E-state index in [9.17, 15) is 0 Å². The summed E-state index contributed by atoms with van der Waals surface area (Å²) in [6, 6.07) is 0. The Balaban J connectivity index is 1.94. The first-order chi connectivity index (χ1) is 8.16. The summed E-state index contributed by atoms with van der Waals surface area (Å²) >= 11 is 12.0. The molecule has 0 N–H and O–H groups in total. The van der Waals surface area contributed by atoms with Gasteiger partial charge in [-0.1, -0.05) is 13.8 Å². The Hall–Kier alpha value is 0.460. The van der Waals surface area contributed by atoms with Gasteiger partial charge >= 0.3 is 0 Å². The van der Waals surface area contributed by atoms with Crippen LogP contribution in [0.4, 0.5) is 0 Å². The number of rotatable bonds is 6. The first-order valence-electron chi connectivity index (χ1n) is 6.17. The van der Waals surface area contributed by atoms with Crippen LogP contribution in [0.3, 0.4) is 0 Å². The third kappa shape index (κ3) is 2.10. The lowest BCUT2D eigenvalue weighted by molar-refractivity contribution is -0.404. The fraction of sp³-hybridized carbons (Fsp3) is 1.00. The van der Waals surface area contributed by atoms with Crippen LogP contribution in [0.2, 0.25) is 0 Å². The highest BCUT2D eigenvalue weighted by molar-refractivity contribution is 6.18. The third-order valence-corrected chi connectivity index (χ3v) is 5.30. The maximum Gasteiger partial charge on any atom is 0.169 e. The molecule has 0 spiro atoms. The highest BCUT2D eigenvalue weighted by Crippen LogP contribution is 2.46. The molecular weight excluding hydrogens is 263 g/mol. The summed E-state index contributed by atoms with van der Waals surface area (Å²) in [4.78, 5) is 0. The summed E-state index contributed by atoms with van der Waals surface area (Å²) in [7, 11) is 0. The topological polar surface area (TPSA) is 27.7 Å². The summed E-state index contributed by atoms with van der Waals surface area (Å²) < 4.78 is 16.9. The van der Waals surface area contributed by atoms with Crippen LogP contribution in [-0.2, 0) is 14.2 Å². The normalized spacial score (nSPS) is 45.2. The molecule has 2 fully saturated rings. The second-order valence-corrected chi connectivity index (χ2v) is 5.66. The van der Waals surface area contributed by atoms with Crippen LogP contribution in [0.15, 0.2) is 0 Å². The maximum absolute atomic E-state index is 6.01. The Morgan fingerprint density at radius 1 is 1.00 bits per heavy atom. The van der Waals surface area contributed by atoms with Crippen molar-refractivity contribution in [1.29, 1.82) is 0 Å². The molecule has 0 bridgehead atoms. The van der Waals surface area contributed by atoms with E-state index < -0.39 is 0 Å². The van der Waals surface area contributed by atoms with Gasteiger partial charge < -0.3 is 14.2 Å². The van der Waals surface area contributed by atoms with Crippen LogP contribution in [0.25, 0.3) is 0 Å². The zero-order chi connectivity index (χ0) is 12.5. The van der Waals surface area contributed by atoms with E-state index in [0.29, 0.717) is 25.0 Å². The van der Waals surface area contributed by atoms with Gasteiger partial charge in [-0.2, -0.15) is 0 Å². The van der Waals surface area contributed by atoms with Crippen molar-refractivity contribution in [2.45, 2.75) is 39.3 Å². The number of hydrogen-bond acceptors (Lipinski definition) is 3. The highest BCUT2D eigenvalue weighted by atomic mass is 35.5. The van der Waals surface area contributed by atoms with E-state index in [-0.39, 0.29) is 23.4 Å². The molecule has 0 amide bonds. The molecule has 2 saturated heterocycles. The first-order valence-corrected chi connectivity index (χ1v) is 7.24. The molecule has 0 radical (unpaired) electrons. The van der Waals surface area contributed by atoms with Gasteiger partial charge in [-0.15, -0.1) is 23.2 Å². The summed E-state index contributed by atoms with van der Waals surface area (Å²) in [5.41, 5.74) is -0.0986. The van der Waals surface area contributed by atoms with E-state index in [1.807, 2.05) is 0 Å². The van der Waals surface area contributed by atoms with Gasteiger partial charge in [-0.3, -0.25) is 0 Å². The molecule has 100 valence electrons. The average Bonchev–Trinajstić information content (AvgIpc) is 2.31. The van der Waals surface area contributed by atoms with Crippen molar-refractivity contribution in [3.63, 3.8) is 0 Å². The summed E-state index contributed by atoms with van der Waals surface area (Å²) in [6.07, 6.45) is 1.41. The predicted molar refractivity (Wildman–Crippen MR) is 67.5 cm³/mol. The molecule has 0 aliphatic carbocycles. The molecule has 2 rings (SSSR count). The van der Waals surface area contributed by atoms with Gasteiger partial charge in [0, 0.05) is 11.8 Å². The van der Waals surface area contributed by atoms with Crippen molar-refractivity contribution < 1.29 is 14.2 Å². The zero-order valence-electron chi connectivity index (χ0n) is 10.4. The largest absolute Gasteiger partial charge is 0.351 e. The maximum atomic E-state index is 6.01. The zero-order valence-corrected chi connectivity index (χ0v) is 11.9. The van der Waals surface area contributed by atoms with Crippen molar-refractivity contribution in [2.24, 2.45) is 10.8 Å². The molecule has 2 aliphatic rings. The minimum atomic E-state index is -0.246. The molecular formula is C12H20Cl2O3. The van der Waals surface area contributed by atoms with Gasteiger partial charge in [0.05, 0.1) is 24.0 Å². The van der Waals surface area contributed by atoms with Gasteiger partial charge in [-0.05, 0) is 12.8 Å². The quantitative estimate of drug-likeness (QED) is 0.701. The Bertz CT molecular complexity index is 227. The Kier molecular flexibility index (Phi) is 4.26. The minimum Gasteiger partial charge on any atom is -0.351 e. The molecule has 0 aromatic carbocycles. The van der Waals surface area contributed by atoms with Crippen LogP contribution < -0.4 is 0 Å². The van der Waals surface area contributed by atoms with E-state index in [1.54, 1.807) is 0 Å². The second kappa shape index (κ2) is 5.22. The van der Waals surface area contributed by atoms with Crippen molar-refractivity contribution in [3.05, 3.63) is 0 Å². The molecule has 0 aromatic heterocycles. The minimum absolute atomic E-state index is 0.0493. The van der Waals surface area contributed by atoms with Crippen LogP contribution in [0.5, 0.6) is 0 Å². The highest BCUT2D eigenvalue weighted by Gasteiger charge is 2.54.